The Morgan fingerprint density at radius 2 is 2.21 bits per heavy atom. The summed E-state index contributed by atoms with van der Waals surface area (Å²) in [5.74, 6) is 1.78. The zero-order chi connectivity index (χ0) is 17.1. The summed E-state index contributed by atoms with van der Waals surface area (Å²) in [6.45, 7) is 2.55. The average Bonchev–Trinajstić information content (AvgIpc) is 3.08. The third kappa shape index (κ3) is 3.44. The number of hydrogen-bond acceptors (Lipinski definition) is 6. The molecular formula is C15H22N8O. The largest absolute Gasteiger partial charge is 0.363 e. The molecule has 2 aromatic rings. The molecule has 24 heavy (non-hydrogen) atoms. The number of rotatable bonds is 3. The van der Waals surface area contributed by atoms with Crippen molar-refractivity contribution >= 4 is 17.8 Å². The molecule has 9 heteroatoms. The summed E-state index contributed by atoms with van der Waals surface area (Å²) < 4.78 is 0. The summed E-state index contributed by atoms with van der Waals surface area (Å²) in [6.07, 6.45) is 4.35. The van der Waals surface area contributed by atoms with E-state index in [1.54, 1.807) is 4.90 Å². The third-order valence-corrected chi connectivity index (χ3v) is 4.03. The normalized spacial score (nSPS) is 17.6. The molecule has 1 unspecified atom stereocenters. The predicted molar refractivity (Wildman–Crippen MR) is 89.8 cm³/mol. The minimum atomic E-state index is -0.216. The number of piperidine rings is 1. The van der Waals surface area contributed by atoms with E-state index in [-0.39, 0.29) is 12.1 Å². The molecular weight excluding hydrogens is 308 g/mol. The fraction of sp³-hybridized carbons (Fsp3) is 0.533. The number of hydrogen-bond donors (Lipinski definition) is 2. The highest BCUT2D eigenvalue weighted by atomic mass is 16.2. The maximum Gasteiger partial charge on any atom is 0.324 e. The fourth-order valence-electron chi connectivity index (χ4n) is 2.84. The van der Waals surface area contributed by atoms with Gasteiger partial charge in [-0.1, -0.05) is 0 Å². The summed E-state index contributed by atoms with van der Waals surface area (Å²) >= 11 is 0. The number of aryl methyl sites for hydroxylation is 1. The molecule has 2 amide bonds. The van der Waals surface area contributed by atoms with Crippen LogP contribution >= 0.6 is 0 Å². The summed E-state index contributed by atoms with van der Waals surface area (Å²) in [5.41, 5.74) is 0.800. The first-order valence-corrected chi connectivity index (χ1v) is 8.00. The number of carbonyl (C=O) groups excluding carboxylic acids is 1. The lowest BCUT2D eigenvalue weighted by Crippen LogP contribution is -2.42. The monoisotopic (exact) mass is 330 g/mol. The molecule has 0 saturated carbocycles. The number of aromatic nitrogens is 5. The van der Waals surface area contributed by atoms with Crippen molar-refractivity contribution in [2.24, 2.45) is 0 Å². The number of aromatic amines is 1. The summed E-state index contributed by atoms with van der Waals surface area (Å²) in [5, 5.41) is 9.58. The Morgan fingerprint density at radius 1 is 1.38 bits per heavy atom. The van der Waals surface area contributed by atoms with Gasteiger partial charge in [0.25, 0.3) is 0 Å². The number of anilines is 2. The number of amides is 2. The molecule has 0 bridgehead atoms. The van der Waals surface area contributed by atoms with Crippen molar-refractivity contribution in [1.29, 1.82) is 0 Å². The first-order chi connectivity index (χ1) is 11.5. The first kappa shape index (κ1) is 16.2. The molecule has 2 N–H and O–H groups in total. The summed E-state index contributed by atoms with van der Waals surface area (Å²) in [7, 11) is 3.80. The van der Waals surface area contributed by atoms with Crippen LogP contribution in [0.15, 0.2) is 12.4 Å². The Labute approximate surface area is 140 Å². The number of nitrogens with zero attached hydrogens (tertiary/aromatic N) is 6. The second-order valence-electron chi connectivity index (χ2n) is 6.09. The van der Waals surface area contributed by atoms with E-state index in [0.717, 1.165) is 30.8 Å². The maximum atomic E-state index is 12.7. The van der Waals surface area contributed by atoms with Crippen molar-refractivity contribution in [3.05, 3.63) is 23.9 Å². The quantitative estimate of drug-likeness (QED) is 0.888. The van der Waals surface area contributed by atoms with E-state index in [0.29, 0.717) is 18.3 Å². The standard InChI is InChI=1S/C15H22N8O/c1-10-8-12(22(2)3)19-14(18-10)20-15(24)23-7-5-4-6-11(23)13-16-9-17-21-13/h8-9,11H,4-7H2,1-3H3,(H,16,17,21)(H,18,19,20,24). The van der Waals surface area contributed by atoms with Crippen molar-refractivity contribution < 1.29 is 4.79 Å². The van der Waals surface area contributed by atoms with Crippen molar-refractivity contribution in [2.45, 2.75) is 32.2 Å². The van der Waals surface area contributed by atoms with E-state index in [1.807, 2.05) is 32.0 Å². The van der Waals surface area contributed by atoms with Crippen LogP contribution in [0.1, 0.15) is 36.8 Å². The zero-order valence-corrected chi connectivity index (χ0v) is 14.2. The third-order valence-electron chi connectivity index (χ3n) is 4.03. The topological polar surface area (TPSA) is 103 Å². The fourth-order valence-corrected chi connectivity index (χ4v) is 2.84. The molecule has 0 aliphatic carbocycles. The van der Waals surface area contributed by atoms with Crippen LogP contribution < -0.4 is 10.2 Å². The molecule has 0 aromatic carbocycles. The van der Waals surface area contributed by atoms with Gasteiger partial charge in [0.15, 0.2) is 0 Å². The van der Waals surface area contributed by atoms with Gasteiger partial charge in [-0.05, 0) is 26.2 Å². The Balaban J connectivity index is 1.78. The lowest BCUT2D eigenvalue weighted by Gasteiger charge is -2.34. The second kappa shape index (κ2) is 6.81. The minimum Gasteiger partial charge on any atom is -0.363 e. The first-order valence-electron chi connectivity index (χ1n) is 8.00. The van der Waals surface area contributed by atoms with Crippen LogP contribution in [0.4, 0.5) is 16.6 Å². The molecule has 1 aliphatic rings. The van der Waals surface area contributed by atoms with Crippen molar-refractivity contribution in [3.63, 3.8) is 0 Å². The number of H-pyrrole nitrogens is 1. The van der Waals surface area contributed by atoms with E-state index >= 15 is 0 Å². The lowest BCUT2D eigenvalue weighted by atomic mass is 10.0. The molecule has 1 aliphatic heterocycles. The second-order valence-corrected chi connectivity index (χ2v) is 6.09. The van der Waals surface area contributed by atoms with Gasteiger partial charge in [-0.15, -0.1) is 0 Å². The Hall–Kier alpha value is -2.71. The number of nitrogens with one attached hydrogen (secondary N) is 2. The molecule has 9 nitrogen and oxygen atoms in total. The van der Waals surface area contributed by atoms with E-state index < -0.39 is 0 Å². The van der Waals surface area contributed by atoms with Gasteiger partial charge in [0.05, 0.1) is 6.04 Å². The van der Waals surface area contributed by atoms with E-state index in [9.17, 15) is 4.79 Å². The van der Waals surface area contributed by atoms with Gasteiger partial charge in [-0.25, -0.2) is 14.8 Å². The zero-order valence-electron chi connectivity index (χ0n) is 14.2. The van der Waals surface area contributed by atoms with Crippen molar-refractivity contribution in [3.8, 4) is 0 Å². The maximum absolute atomic E-state index is 12.7. The molecule has 1 saturated heterocycles. The van der Waals surface area contributed by atoms with Gasteiger partial charge in [0, 0.05) is 32.4 Å². The van der Waals surface area contributed by atoms with E-state index in [2.05, 4.69) is 30.5 Å². The smallest absolute Gasteiger partial charge is 0.324 e. The van der Waals surface area contributed by atoms with Crippen LogP contribution in [-0.4, -0.2) is 56.7 Å². The Morgan fingerprint density at radius 3 is 2.92 bits per heavy atom. The van der Waals surface area contributed by atoms with Gasteiger partial charge in [-0.2, -0.15) is 10.1 Å². The van der Waals surface area contributed by atoms with Crippen LogP contribution in [0.2, 0.25) is 0 Å². The van der Waals surface area contributed by atoms with Crippen LogP contribution in [0.25, 0.3) is 0 Å². The van der Waals surface area contributed by atoms with E-state index in [1.165, 1.54) is 6.33 Å². The van der Waals surface area contributed by atoms with Crippen LogP contribution in [0.5, 0.6) is 0 Å². The Kier molecular flexibility index (Phi) is 4.59. The minimum absolute atomic E-state index is 0.0978. The highest BCUT2D eigenvalue weighted by molar-refractivity contribution is 5.88. The lowest BCUT2D eigenvalue weighted by molar-refractivity contribution is 0.159. The van der Waals surface area contributed by atoms with Crippen LogP contribution in [0.3, 0.4) is 0 Å². The SMILES string of the molecule is Cc1cc(N(C)C)nc(NC(=O)N2CCCCC2c2ncn[nH]2)n1. The predicted octanol–water partition coefficient (Wildman–Crippen LogP) is 1.73. The van der Waals surface area contributed by atoms with Crippen molar-refractivity contribution in [2.75, 3.05) is 30.9 Å². The van der Waals surface area contributed by atoms with Gasteiger partial charge in [-0.3, -0.25) is 10.4 Å². The summed E-state index contributed by atoms with van der Waals surface area (Å²) in [4.78, 5) is 29.3. The molecule has 2 aromatic heterocycles. The van der Waals surface area contributed by atoms with E-state index in [4.69, 9.17) is 0 Å². The number of likely N-dealkylation sites (tertiary alicyclic amines) is 1. The van der Waals surface area contributed by atoms with Crippen LogP contribution in [-0.2, 0) is 0 Å². The highest BCUT2D eigenvalue weighted by Gasteiger charge is 2.30. The molecule has 0 radical (unpaired) electrons. The van der Waals surface area contributed by atoms with Crippen molar-refractivity contribution in [1.82, 2.24) is 30.0 Å². The Bertz CT molecular complexity index is 700. The summed E-state index contributed by atoms with van der Waals surface area (Å²) in [6, 6.07) is 1.55. The number of carbonyl (C=O) groups is 1. The van der Waals surface area contributed by atoms with Gasteiger partial charge >= 0.3 is 6.03 Å². The van der Waals surface area contributed by atoms with Gasteiger partial charge in [0.2, 0.25) is 5.95 Å². The molecule has 128 valence electrons. The van der Waals surface area contributed by atoms with Gasteiger partial charge in [0.1, 0.15) is 18.0 Å². The molecule has 1 fully saturated rings. The number of urea groups is 1. The molecule has 3 heterocycles. The molecule has 1 atom stereocenters. The highest BCUT2D eigenvalue weighted by Crippen LogP contribution is 2.29. The molecule has 3 rings (SSSR count). The van der Waals surface area contributed by atoms with Crippen LogP contribution in [0, 0.1) is 6.92 Å². The average molecular weight is 330 g/mol. The van der Waals surface area contributed by atoms with Gasteiger partial charge < -0.3 is 9.80 Å². The molecule has 0 spiro atoms.